The average molecular weight is 467 g/mol. The Morgan fingerprint density at radius 2 is 1.94 bits per heavy atom. The standard InChI is InChI=1S/C21H18ClF3N4OS/c1-2-10-29-18(11-14-6-4-3-5-7-14)27-28-20(29)31-13-19(30)26-17-12-15(21(23,24)25)8-9-16(17)22/h2-9,12H,1,10-11,13H2,(H,26,30). The first-order valence-corrected chi connectivity index (χ1v) is 10.5. The fourth-order valence-corrected chi connectivity index (χ4v) is 3.69. The number of amides is 1. The first kappa shape index (κ1) is 22.9. The van der Waals surface area contributed by atoms with Gasteiger partial charge in [0.05, 0.1) is 22.0 Å². The molecule has 10 heteroatoms. The molecule has 2 aromatic carbocycles. The summed E-state index contributed by atoms with van der Waals surface area (Å²) in [6, 6.07) is 12.5. The maximum absolute atomic E-state index is 12.9. The minimum absolute atomic E-state index is 0.0197. The van der Waals surface area contributed by atoms with Gasteiger partial charge in [-0.05, 0) is 23.8 Å². The van der Waals surface area contributed by atoms with Crippen molar-refractivity contribution in [3.63, 3.8) is 0 Å². The highest BCUT2D eigenvalue weighted by Gasteiger charge is 2.31. The number of nitrogens with zero attached hydrogens (tertiary/aromatic N) is 3. The molecule has 0 aliphatic rings. The zero-order valence-corrected chi connectivity index (χ0v) is 17.8. The van der Waals surface area contributed by atoms with E-state index in [4.69, 9.17) is 11.6 Å². The molecule has 1 aromatic heterocycles. The van der Waals surface area contributed by atoms with Crippen LogP contribution in [0.1, 0.15) is 17.0 Å². The van der Waals surface area contributed by atoms with Crippen molar-refractivity contribution in [2.45, 2.75) is 24.3 Å². The molecular weight excluding hydrogens is 449 g/mol. The van der Waals surface area contributed by atoms with Crippen LogP contribution in [-0.2, 0) is 23.9 Å². The van der Waals surface area contributed by atoms with Gasteiger partial charge in [0.15, 0.2) is 5.16 Å². The molecule has 1 heterocycles. The summed E-state index contributed by atoms with van der Waals surface area (Å²) in [5.74, 6) is 0.131. The number of nitrogens with one attached hydrogen (secondary N) is 1. The molecular formula is C21H18ClF3N4OS. The summed E-state index contributed by atoms with van der Waals surface area (Å²) in [7, 11) is 0. The number of thioether (sulfide) groups is 1. The Labute approximate surface area is 186 Å². The molecule has 0 saturated heterocycles. The number of carbonyl (C=O) groups is 1. The number of carbonyl (C=O) groups excluding carboxylic acids is 1. The van der Waals surface area contributed by atoms with E-state index in [-0.39, 0.29) is 16.5 Å². The van der Waals surface area contributed by atoms with Gasteiger partial charge in [-0.25, -0.2) is 0 Å². The van der Waals surface area contributed by atoms with E-state index >= 15 is 0 Å². The highest BCUT2D eigenvalue weighted by molar-refractivity contribution is 7.99. The Bertz CT molecular complexity index is 1070. The number of allylic oxidation sites excluding steroid dienone is 1. The molecule has 162 valence electrons. The SMILES string of the molecule is C=CCn1c(Cc2ccccc2)nnc1SCC(=O)Nc1cc(C(F)(F)F)ccc1Cl. The predicted molar refractivity (Wildman–Crippen MR) is 115 cm³/mol. The molecule has 3 rings (SSSR count). The molecule has 1 amide bonds. The van der Waals surface area contributed by atoms with Crippen LogP contribution in [0.3, 0.4) is 0 Å². The highest BCUT2D eigenvalue weighted by atomic mass is 35.5. The number of hydrogen-bond acceptors (Lipinski definition) is 4. The molecule has 5 nitrogen and oxygen atoms in total. The van der Waals surface area contributed by atoms with Gasteiger partial charge in [0.2, 0.25) is 5.91 Å². The van der Waals surface area contributed by atoms with Crippen LogP contribution < -0.4 is 5.32 Å². The summed E-state index contributed by atoms with van der Waals surface area (Å²) < 4.78 is 40.5. The number of benzene rings is 2. The van der Waals surface area contributed by atoms with Crippen molar-refractivity contribution < 1.29 is 18.0 Å². The Balaban J connectivity index is 1.68. The molecule has 0 aliphatic carbocycles. The number of rotatable bonds is 8. The zero-order chi connectivity index (χ0) is 22.4. The first-order chi connectivity index (χ1) is 14.8. The van der Waals surface area contributed by atoms with E-state index < -0.39 is 17.6 Å². The van der Waals surface area contributed by atoms with Gasteiger partial charge in [-0.3, -0.25) is 4.79 Å². The van der Waals surface area contributed by atoms with Gasteiger partial charge in [-0.15, -0.1) is 16.8 Å². The van der Waals surface area contributed by atoms with Crippen LogP contribution in [0.2, 0.25) is 5.02 Å². The molecule has 0 bridgehead atoms. The van der Waals surface area contributed by atoms with Crippen molar-refractivity contribution in [2.75, 3.05) is 11.1 Å². The third-order valence-corrected chi connectivity index (χ3v) is 5.51. The Morgan fingerprint density at radius 1 is 1.19 bits per heavy atom. The Kier molecular flexibility index (Phi) is 7.40. The van der Waals surface area contributed by atoms with Gasteiger partial charge >= 0.3 is 6.18 Å². The summed E-state index contributed by atoms with van der Waals surface area (Å²) in [6.45, 7) is 4.20. The van der Waals surface area contributed by atoms with Crippen molar-refractivity contribution >= 4 is 35.0 Å². The van der Waals surface area contributed by atoms with Gasteiger partial charge in [-0.1, -0.05) is 59.8 Å². The van der Waals surface area contributed by atoms with Crippen LogP contribution in [-0.4, -0.2) is 26.4 Å². The third-order valence-electron chi connectivity index (χ3n) is 4.21. The topological polar surface area (TPSA) is 59.8 Å². The minimum atomic E-state index is -4.53. The summed E-state index contributed by atoms with van der Waals surface area (Å²) in [5.41, 5.74) is 0.0734. The monoisotopic (exact) mass is 466 g/mol. The summed E-state index contributed by atoms with van der Waals surface area (Å²) in [6.07, 6.45) is -2.27. The molecule has 3 aromatic rings. The van der Waals surface area contributed by atoms with Crippen LogP contribution >= 0.6 is 23.4 Å². The van der Waals surface area contributed by atoms with Crippen LogP contribution in [0, 0.1) is 0 Å². The number of anilines is 1. The predicted octanol–water partition coefficient (Wildman–Crippen LogP) is 5.46. The molecule has 0 saturated carbocycles. The lowest BCUT2D eigenvalue weighted by Crippen LogP contribution is -2.16. The van der Waals surface area contributed by atoms with E-state index in [1.807, 2.05) is 34.9 Å². The second-order valence-corrected chi connectivity index (χ2v) is 7.84. The van der Waals surface area contributed by atoms with Gasteiger partial charge in [0.1, 0.15) is 5.82 Å². The van der Waals surface area contributed by atoms with E-state index in [2.05, 4.69) is 22.1 Å². The van der Waals surface area contributed by atoms with Crippen LogP contribution in [0.4, 0.5) is 18.9 Å². The molecule has 0 radical (unpaired) electrons. The summed E-state index contributed by atoms with van der Waals surface area (Å²) >= 11 is 7.05. The lowest BCUT2D eigenvalue weighted by Gasteiger charge is -2.12. The maximum atomic E-state index is 12.9. The Hall–Kier alpha value is -2.78. The van der Waals surface area contributed by atoms with Gasteiger partial charge in [0, 0.05) is 13.0 Å². The van der Waals surface area contributed by atoms with Crippen LogP contribution in [0.5, 0.6) is 0 Å². The fraction of sp³-hybridized carbons (Fsp3) is 0.190. The molecule has 0 unspecified atom stereocenters. The van der Waals surface area contributed by atoms with Crippen LogP contribution in [0.25, 0.3) is 0 Å². The largest absolute Gasteiger partial charge is 0.416 e. The highest BCUT2D eigenvalue weighted by Crippen LogP contribution is 2.34. The first-order valence-electron chi connectivity index (χ1n) is 9.14. The molecule has 0 aliphatic heterocycles. The average Bonchev–Trinajstić information content (AvgIpc) is 3.10. The van der Waals surface area contributed by atoms with Crippen LogP contribution in [0.15, 0.2) is 66.3 Å². The van der Waals surface area contributed by atoms with E-state index in [9.17, 15) is 18.0 Å². The van der Waals surface area contributed by atoms with Gasteiger partial charge in [0.25, 0.3) is 0 Å². The lowest BCUT2D eigenvalue weighted by molar-refractivity contribution is -0.137. The van der Waals surface area contributed by atoms with Crippen molar-refractivity contribution in [1.82, 2.24) is 14.8 Å². The molecule has 0 fully saturated rings. The Morgan fingerprint density at radius 3 is 2.61 bits per heavy atom. The van der Waals surface area contributed by atoms with Crippen molar-refractivity contribution in [3.8, 4) is 0 Å². The van der Waals surface area contributed by atoms with Gasteiger partial charge < -0.3 is 9.88 Å². The molecule has 31 heavy (non-hydrogen) atoms. The molecule has 0 spiro atoms. The quantitative estimate of drug-likeness (QED) is 0.354. The second-order valence-electron chi connectivity index (χ2n) is 6.49. The molecule has 0 atom stereocenters. The summed E-state index contributed by atoms with van der Waals surface area (Å²) in [4.78, 5) is 12.3. The normalized spacial score (nSPS) is 11.4. The maximum Gasteiger partial charge on any atom is 0.416 e. The second kappa shape index (κ2) is 10.0. The number of aromatic nitrogens is 3. The zero-order valence-electron chi connectivity index (χ0n) is 16.2. The van der Waals surface area contributed by atoms with Crippen molar-refractivity contribution in [3.05, 3.63) is 83.2 Å². The van der Waals surface area contributed by atoms with Gasteiger partial charge in [-0.2, -0.15) is 13.2 Å². The van der Waals surface area contributed by atoms with E-state index in [0.29, 0.717) is 18.1 Å². The third kappa shape index (κ3) is 6.11. The number of alkyl halides is 3. The summed E-state index contributed by atoms with van der Waals surface area (Å²) in [5, 5.41) is 11.3. The smallest absolute Gasteiger partial charge is 0.324 e. The number of halogens is 4. The fourth-order valence-electron chi connectivity index (χ4n) is 2.76. The van der Waals surface area contributed by atoms with Crippen molar-refractivity contribution in [2.24, 2.45) is 0 Å². The lowest BCUT2D eigenvalue weighted by atomic mass is 10.1. The number of hydrogen-bond donors (Lipinski definition) is 1. The van der Waals surface area contributed by atoms with E-state index in [1.165, 1.54) is 0 Å². The minimum Gasteiger partial charge on any atom is -0.324 e. The van der Waals surface area contributed by atoms with Crippen molar-refractivity contribution in [1.29, 1.82) is 0 Å². The molecule has 1 N–H and O–H groups in total. The van der Waals surface area contributed by atoms with E-state index in [1.54, 1.807) is 6.08 Å². The van der Waals surface area contributed by atoms with E-state index in [0.717, 1.165) is 41.3 Å².